The average molecular weight is 499 g/mol. The average Bonchev–Trinajstić information content (AvgIpc) is 2.82. The summed E-state index contributed by atoms with van der Waals surface area (Å²) < 4.78 is 54.7. The zero-order valence-corrected chi connectivity index (χ0v) is 20.4. The molecule has 4 rings (SSSR count). The van der Waals surface area contributed by atoms with E-state index in [0.717, 1.165) is 6.26 Å². The molecule has 0 atom stereocenters. The molecule has 0 spiro atoms. The van der Waals surface area contributed by atoms with Crippen LogP contribution < -0.4 is 0 Å². The molecule has 1 aromatic heterocycles. The Balaban J connectivity index is 1.84. The molecule has 1 aliphatic heterocycles. The number of pyridine rings is 1. The maximum Gasteiger partial charge on any atom is 0.256 e. The van der Waals surface area contributed by atoms with Crippen LogP contribution in [0, 0.1) is 18.2 Å². The molecule has 0 N–H and O–H groups in total. The van der Waals surface area contributed by atoms with Gasteiger partial charge >= 0.3 is 0 Å². The van der Waals surface area contributed by atoms with Crippen molar-refractivity contribution in [1.29, 1.82) is 0 Å². The molecule has 0 aliphatic carbocycles. The molecule has 0 unspecified atom stereocenters. The first-order chi connectivity index (χ1) is 16.4. The minimum Gasteiger partial charge on any atom is -0.336 e. The Kier molecular flexibility index (Phi) is 6.34. The van der Waals surface area contributed by atoms with Gasteiger partial charge in [-0.2, -0.15) is 4.31 Å². The van der Waals surface area contributed by atoms with Crippen LogP contribution in [0.5, 0.6) is 0 Å². The summed E-state index contributed by atoms with van der Waals surface area (Å²) >= 11 is 0. The Bertz CT molecular complexity index is 1470. The topological polar surface area (TPSA) is 74.9 Å². The van der Waals surface area contributed by atoms with Crippen LogP contribution in [0.2, 0.25) is 0 Å². The van der Waals surface area contributed by atoms with E-state index in [4.69, 9.17) is 6.57 Å². The molecule has 0 bridgehead atoms. The third kappa shape index (κ3) is 4.74. The lowest BCUT2D eigenvalue weighted by Crippen LogP contribution is -2.50. The van der Waals surface area contributed by atoms with Crippen molar-refractivity contribution in [3.63, 3.8) is 0 Å². The number of hydrogen-bond acceptors (Lipinski definition) is 4. The van der Waals surface area contributed by atoms with Crippen LogP contribution in [0.1, 0.15) is 29.8 Å². The van der Waals surface area contributed by atoms with Gasteiger partial charge in [-0.3, -0.25) is 9.78 Å². The number of piperazine rings is 1. The van der Waals surface area contributed by atoms with E-state index in [9.17, 15) is 17.6 Å². The quantitative estimate of drug-likeness (QED) is 0.509. The molecule has 1 amide bonds. The van der Waals surface area contributed by atoms with E-state index in [1.165, 1.54) is 45.7 Å². The summed E-state index contributed by atoms with van der Waals surface area (Å²) in [6.07, 6.45) is 2.46. The van der Waals surface area contributed by atoms with E-state index < -0.39 is 33.1 Å². The van der Waals surface area contributed by atoms with Gasteiger partial charge in [0.25, 0.3) is 11.4 Å². The molecule has 3 aromatic rings. The molecule has 1 aliphatic rings. The summed E-state index contributed by atoms with van der Waals surface area (Å²) in [7, 11) is -3.38. The van der Waals surface area contributed by atoms with Crippen LogP contribution in [-0.4, -0.2) is 60.9 Å². The normalized spacial score (nSPS) is 15.3. The highest BCUT2D eigenvalue weighted by Gasteiger charge is 2.31. The summed E-state index contributed by atoms with van der Waals surface area (Å²) in [5.41, 5.74) is 0.309. The van der Waals surface area contributed by atoms with Crippen LogP contribution in [0.25, 0.3) is 26.9 Å². The van der Waals surface area contributed by atoms with E-state index in [-0.39, 0.29) is 48.3 Å². The highest BCUT2D eigenvalue weighted by Crippen LogP contribution is 2.36. The maximum absolute atomic E-state index is 15.5. The van der Waals surface area contributed by atoms with Crippen LogP contribution in [0.3, 0.4) is 0 Å². The number of sulfonamides is 1. The fourth-order valence-electron chi connectivity index (χ4n) is 4.17. The summed E-state index contributed by atoms with van der Waals surface area (Å²) in [6, 6.07) is 8.30. The SMILES string of the molecule is [C-]#[N+]C(C)(C)c1ccc(-c2c(C(=O)N3CCN(S(C)(=O)=O)CC3)cnc3ccc(F)cc23)c(F)c1. The van der Waals surface area contributed by atoms with Crippen molar-refractivity contribution in [3.05, 3.63) is 76.8 Å². The zero-order chi connectivity index (χ0) is 25.5. The monoisotopic (exact) mass is 498 g/mol. The Labute approximate surface area is 202 Å². The number of carbonyl (C=O) groups is 1. The van der Waals surface area contributed by atoms with Crippen LogP contribution in [0.4, 0.5) is 8.78 Å². The van der Waals surface area contributed by atoms with Crippen molar-refractivity contribution in [2.45, 2.75) is 19.4 Å². The standard InChI is InChI=1S/C25H24F2N4O3S/c1-25(2,28-3)16-5-7-18(21(27)13-16)23-19-14-17(26)6-8-22(19)29-15-20(23)24(32)30-9-11-31(12-10-30)35(4,33)34/h5-8,13-15H,9-12H2,1-2,4H3. The number of rotatable bonds is 4. The fraction of sp³-hybridized carbons (Fsp3) is 0.320. The molecule has 1 saturated heterocycles. The van der Waals surface area contributed by atoms with Gasteiger partial charge in [0.05, 0.1) is 17.3 Å². The van der Waals surface area contributed by atoms with E-state index in [0.29, 0.717) is 11.1 Å². The smallest absolute Gasteiger partial charge is 0.256 e. The molecule has 0 radical (unpaired) electrons. The van der Waals surface area contributed by atoms with E-state index in [1.54, 1.807) is 19.9 Å². The molecular weight excluding hydrogens is 474 g/mol. The second-order valence-corrected chi connectivity index (χ2v) is 11.0. The molecular formula is C25H24F2N4O3S. The first-order valence-corrected chi connectivity index (χ1v) is 12.8. The highest BCUT2D eigenvalue weighted by molar-refractivity contribution is 7.88. The van der Waals surface area contributed by atoms with Crippen molar-refractivity contribution < 1.29 is 22.0 Å². The molecule has 182 valence electrons. The number of fused-ring (bicyclic) bond motifs is 1. The lowest BCUT2D eigenvalue weighted by atomic mass is 9.90. The summed E-state index contributed by atoms with van der Waals surface area (Å²) in [5.74, 6) is -1.65. The molecule has 7 nitrogen and oxygen atoms in total. The van der Waals surface area contributed by atoms with Gasteiger partial charge in [-0.25, -0.2) is 23.8 Å². The van der Waals surface area contributed by atoms with Gasteiger partial charge < -0.3 is 9.74 Å². The Morgan fingerprint density at radius 2 is 1.77 bits per heavy atom. The van der Waals surface area contributed by atoms with Gasteiger partial charge in [0.2, 0.25) is 10.0 Å². The predicted molar refractivity (Wildman–Crippen MR) is 129 cm³/mol. The second kappa shape index (κ2) is 8.98. The number of amides is 1. The predicted octanol–water partition coefficient (Wildman–Crippen LogP) is 4.05. The lowest BCUT2D eigenvalue weighted by molar-refractivity contribution is 0.0699. The maximum atomic E-state index is 15.5. The van der Waals surface area contributed by atoms with Crippen LogP contribution in [-0.2, 0) is 15.6 Å². The zero-order valence-electron chi connectivity index (χ0n) is 19.5. The van der Waals surface area contributed by atoms with Crippen LogP contribution in [0.15, 0.2) is 42.6 Å². The number of halogens is 2. The molecule has 0 saturated carbocycles. The van der Waals surface area contributed by atoms with Crippen molar-refractivity contribution in [1.82, 2.24) is 14.2 Å². The summed E-state index contributed by atoms with van der Waals surface area (Å²) in [5, 5.41) is 0.279. The third-order valence-corrected chi connectivity index (χ3v) is 7.58. The largest absolute Gasteiger partial charge is 0.336 e. The Hall–Kier alpha value is -3.42. The lowest BCUT2D eigenvalue weighted by Gasteiger charge is -2.33. The van der Waals surface area contributed by atoms with Crippen LogP contribution >= 0.6 is 0 Å². The second-order valence-electron chi connectivity index (χ2n) is 9.03. The Morgan fingerprint density at radius 1 is 1.09 bits per heavy atom. The number of benzene rings is 2. The van der Waals surface area contributed by atoms with Crippen molar-refractivity contribution in [2.24, 2.45) is 0 Å². The molecule has 2 aromatic carbocycles. The first kappa shape index (κ1) is 24.7. The number of aromatic nitrogens is 1. The fourth-order valence-corrected chi connectivity index (χ4v) is 5.00. The van der Waals surface area contributed by atoms with Gasteiger partial charge in [-0.15, -0.1) is 0 Å². The van der Waals surface area contributed by atoms with E-state index in [2.05, 4.69) is 9.83 Å². The first-order valence-electron chi connectivity index (χ1n) is 10.9. The minimum atomic E-state index is -3.38. The molecule has 10 heteroatoms. The van der Waals surface area contributed by atoms with Gasteiger partial charge in [0.1, 0.15) is 11.6 Å². The van der Waals surface area contributed by atoms with Crippen molar-refractivity contribution in [3.8, 4) is 11.1 Å². The number of carbonyl (C=O) groups excluding carboxylic acids is 1. The number of hydrogen-bond donors (Lipinski definition) is 0. The minimum absolute atomic E-state index is 0.0886. The van der Waals surface area contributed by atoms with Gasteiger partial charge in [-0.05, 0) is 24.3 Å². The molecule has 2 heterocycles. The molecule has 1 fully saturated rings. The highest BCUT2D eigenvalue weighted by atomic mass is 32.2. The van der Waals surface area contributed by atoms with Gasteiger partial charge in [0.15, 0.2) is 0 Å². The van der Waals surface area contributed by atoms with E-state index in [1.807, 2.05) is 0 Å². The third-order valence-electron chi connectivity index (χ3n) is 6.28. The molecule has 35 heavy (non-hydrogen) atoms. The number of nitrogens with zero attached hydrogens (tertiary/aromatic N) is 4. The van der Waals surface area contributed by atoms with Crippen molar-refractivity contribution >= 4 is 26.8 Å². The van der Waals surface area contributed by atoms with Gasteiger partial charge in [-0.1, -0.05) is 12.1 Å². The summed E-state index contributed by atoms with van der Waals surface area (Å²) in [6.45, 7) is 11.3. The summed E-state index contributed by atoms with van der Waals surface area (Å²) in [4.78, 5) is 22.9. The van der Waals surface area contributed by atoms with Gasteiger partial charge in [0, 0.05) is 68.3 Å². The van der Waals surface area contributed by atoms with Crippen molar-refractivity contribution in [2.75, 3.05) is 32.4 Å². The van der Waals surface area contributed by atoms with E-state index >= 15 is 4.39 Å². The Morgan fingerprint density at radius 3 is 2.37 bits per heavy atom.